The van der Waals surface area contributed by atoms with Gasteiger partial charge in [0.15, 0.2) is 0 Å². The zero-order valence-corrected chi connectivity index (χ0v) is 11.0. The SMILES string of the molecule is CNC(C)(C)CN1CCSC(C)(C)C1. The first kappa shape index (κ1) is 12.3. The third-order valence-corrected chi connectivity index (χ3v) is 4.10. The Bertz CT molecular complexity index is 190. The van der Waals surface area contributed by atoms with Crippen LogP contribution in [0.1, 0.15) is 27.7 Å². The molecule has 0 bridgehead atoms. The molecule has 0 spiro atoms. The number of nitrogens with one attached hydrogen (secondary N) is 1. The lowest BCUT2D eigenvalue weighted by atomic mass is 10.0. The zero-order valence-electron chi connectivity index (χ0n) is 10.2. The van der Waals surface area contributed by atoms with E-state index in [2.05, 4.69) is 49.7 Å². The Hall–Kier alpha value is 0.270. The molecule has 1 rings (SSSR count). The van der Waals surface area contributed by atoms with Crippen LogP contribution in [0, 0.1) is 0 Å². The quantitative estimate of drug-likeness (QED) is 0.774. The average molecular weight is 216 g/mol. The van der Waals surface area contributed by atoms with Crippen molar-refractivity contribution in [1.82, 2.24) is 10.2 Å². The molecule has 0 aromatic rings. The Morgan fingerprint density at radius 3 is 2.57 bits per heavy atom. The maximum Gasteiger partial charge on any atom is 0.0249 e. The highest BCUT2D eigenvalue weighted by Crippen LogP contribution is 2.29. The van der Waals surface area contributed by atoms with E-state index >= 15 is 0 Å². The molecule has 1 fully saturated rings. The smallest absolute Gasteiger partial charge is 0.0249 e. The van der Waals surface area contributed by atoms with Gasteiger partial charge in [-0.2, -0.15) is 11.8 Å². The highest BCUT2D eigenvalue weighted by molar-refractivity contribution is 8.00. The molecule has 0 radical (unpaired) electrons. The summed E-state index contributed by atoms with van der Waals surface area (Å²) >= 11 is 2.10. The molecule has 2 nitrogen and oxygen atoms in total. The lowest BCUT2D eigenvalue weighted by Crippen LogP contribution is -2.52. The highest BCUT2D eigenvalue weighted by Gasteiger charge is 2.29. The van der Waals surface area contributed by atoms with Crippen LogP contribution in [0.25, 0.3) is 0 Å². The van der Waals surface area contributed by atoms with Gasteiger partial charge in [0.1, 0.15) is 0 Å². The summed E-state index contributed by atoms with van der Waals surface area (Å²) in [5.41, 5.74) is 0.234. The lowest BCUT2D eigenvalue weighted by Gasteiger charge is -2.41. The van der Waals surface area contributed by atoms with Gasteiger partial charge in [-0.25, -0.2) is 0 Å². The Morgan fingerprint density at radius 2 is 2.07 bits per heavy atom. The second-order valence-corrected chi connectivity index (χ2v) is 7.25. The molecule has 0 atom stereocenters. The van der Waals surface area contributed by atoms with Crippen molar-refractivity contribution >= 4 is 11.8 Å². The summed E-state index contributed by atoms with van der Waals surface area (Å²) in [6.45, 7) is 12.8. The largest absolute Gasteiger partial charge is 0.314 e. The van der Waals surface area contributed by atoms with E-state index in [1.165, 1.54) is 18.8 Å². The van der Waals surface area contributed by atoms with Crippen LogP contribution in [-0.2, 0) is 0 Å². The van der Waals surface area contributed by atoms with E-state index in [1.54, 1.807) is 0 Å². The number of nitrogens with zero attached hydrogens (tertiary/aromatic N) is 1. The van der Waals surface area contributed by atoms with Gasteiger partial charge in [0, 0.05) is 35.7 Å². The molecule has 1 aliphatic rings. The predicted molar refractivity (Wildman–Crippen MR) is 66.1 cm³/mol. The fourth-order valence-electron chi connectivity index (χ4n) is 1.89. The molecule has 3 heteroatoms. The first-order chi connectivity index (χ1) is 6.35. The van der Waals surface area contributed by atoms with E-state index in [-0.39, 0.29) is 5.54 Å². The minimum Gasteiger partial charge on any atom is -0.314 e. The van der Waals surface area contributed by atoms with Gasteiger partial charge in [0.2, 0.25) is 0 Å². The van der Waals surface area contributed by atoms with Crippen molar-refractivity contribution in [3.05, 3.63) is 0 Å². The highest BCUT2D eigenvalue weighted by atomic mass is 32.2. The molecule has 1 N–H and O–H groups in total. The minimum atomic E-state index is 0.234. The Morgan fingerprint density at radius 1 is 1.43 bits per heavy atom. The number of hydrogen-bond donors (Lipinski definition) is 1. The summed E-state index contributed by atoms with van der Waals surface area (Å²) in [6, 6.07) is 0. The molecule has 0 aromatic heterocycles. The van der Waals surface area contributed by atoms with Crippen LogP contribution in [0.5, 0.6) is 0 Å². The minimum absolute atomic E-state index is 0.234. The normalized spacial score (nSPS) is 23.8. The molecule has 1 heterocycles. The van der Waals surface area contributed by atoms with E-state index in [1.807, 2.05) is 7.05 Å². The Kier molecular flexibility index (Phi) is 3.89. The van der Waals surface area contributed by atoms with Crippen molar-refractivity contribution in [2.75, 3.05) is 32.4 Å². The number of likely N-dealkylation sites (N-methyl/N-ethyl adjacent to an activating group) is 1. The summed E-state index contributed by atoms with van der Waals surface area (Å²) in [5.74, 6) is 1.27. The summed E-state index contributed by atoms with van der Waals surface area (Å²) in [4.78, 5) is 2.58. The van der Waals surface area contributed by atoms with E-state index in [4.69, 9.17) is 0 Å². The van der Waals surface area contributed by atoms with Crippen LogP contribution in [0.15, 0.2) is 0 Å². The second kappa shape index (κ2) is 4.42. The van der Waals surface area contributed by atoms with Gasteiger partial charge >= 0.3 is 0 Å². The van der Waals surface area contributed by atoms with Crippen molar-refractivity contribution in [2.24, 2.45) is 0 Å². The molecule has 0 aromatic carbocycles. The first-order valence-corrected chi connectivity index (χ1v) is 6.38. The lowest BCUT2D eigenvalue weighted by molar-refractivity contribution is 0.199. The Labute approximate surface area is 92.8 Å². The van der Waals surface area contributed by atoms with Crippen molar-refractivity contribution in [1.29, 1.82) is 0 Å². The van der Waals surface area contributed by atoms with Crippen LogP contribution in [0.4, 0.5) is 0 Å². The van der Waals surface area contributed by atoms with E-state index in [0.29, 0.717) is 4.75 Å². The number of rotatable bonds is 3. The van der Waals surface area contributed by atoms with Crippen molar-refractivity contribution in [3.8, 4) is 0 Å². The Balaban J connectivity index is 2.46. The van der Waals surface area contributed by atoms with Crippen LogP contribution in [-0.4, -0.2) is 47.6 Å². The van der Waals surface area contributed by atoms with Crippen LogP contribution in [0.3, 0.4) is 0 Å². The molecule has 0 amide bonds. The van der Waals surface area contributed by atoms with Crippen molar-refractivity contribution < 1.29 is 0 Å². The van der Waals surface area contributed by atoms with E-state index in [9.17, 15) is 0 Å². The summed E-state index contributed by atoms with van der Waals surface area (Å²) in [6.07, 6.45) is 0. The van der Waals surface area contributed by atoms with Gasteiger partial charge in [0.25, 0.3) is 0 Å². The van der Waals surface area contributed by atoms with Gasteiger partial charge in [-0.05, 0) is 34.7 Å². The second-order valence-electron chi connectivity index (χ2n) is 5.45. The maximum absolute atomic E-state index is 3.37. The monoisotopic (exact) mass is 216 g/mol. The van der Waals surface area contributed by atoms with Gasteiger partial charge in [-0.3, -0.25) is 4.90 Å². The summed E-state index contributed by atoms with van der Waals surface area (Å²) in [5, 5.41) is 3.37. The molecule has 0 aliphatic carbocycles. The molecule has 0 unspecified atom stereocenters. The van der Waals surface area contributed by atoms with E-state index in [0.717, 1.165) is 6.54 Å². The first-order valence-electron chi connectivity index (χ1n) is 5.40. The summed E-state index contributed by atoms with van der Waals surface area (Å²) < 4.78 is 0.433. The molecular weight excluding hydrogens is 192 g/mol. The summed E-state index contributed by atoms with van der Waals surface area (Å²) in [7, 11) is 2.05. The molecular formula is C11H24N2S. The van der Waals surface area contributed by atoms with E-state index < -0.39 is 0 Å². The topological polar surface area (TPSA) is 15.3 Å². The van der Waals surface area contributed by atoms with Gasteiger partial charge in [-0.15, -0.1) is 0 Å². The number of hydrogen-bond acceptors (Lipinski definition) is 3. The average Bonchev–Trinajstić information content (AvgIpc) is 2.01. The van der Waals surface area contributed by atoms with Gasteiger partial charge < -0.3 is 5.32 Å². The molecule has 0 saturated carbocycles. The molecule has 14 heavy (non-hydrogen) atoms. The molecule has 84 valence electrons. The molecule has 1 saturated heterocycles. The third-order valence-electron chi connectivity index (χ3n) is 2.80. The predicted octanol–water partition coefficient (Wildman–Crippen LogP) is 1.81. The van der Waals surface area contributed by atoms with Crippen molar-refractivity contribution in [3.63, 3.8) is 0 Å². The zero-order chi connectivity index (χ0) is 10.8. The molecule has 1 aliphatic heterocycles. The number of thioether (sulfide) groups is 1. The van der Waals surface area contributed by atoms with Crippen molar-refractivity contribution in [2.45, 2.75) is 38.0 Å². The fraction of sp³-hybridized carbons (Fsp3) is 1.00. The standard InChI is InChI=1S/C11H24N2S/c1-10(2,12-5)8-13-6-7-14-11(3,4)9-13/h12H,6-9H2,1-5H3. The third kappa shape index (κ3) is 3.79. The maximum atomic E-state index is 3.37. The van der Waals surface area contributed by atoms with Gasteiger partial charge in [0.05, 0.1) is 0 Å². The van der Waals surface area contributed by atoms with Crippen LogP contribution < -0.4 is 5.32 Å². The van der Waals surface area contributed by atoms with Crippen LogP contribution >= 0.6 is 11.8 Å². The fourth-order valence-corrected chi connectivity index (χ4v) is 3.06. The van der Waals surface area contributed by atoms with Crippen LogP contribution in [0.2, 0.25) is 0 Å². The van der Waals surface area contributed by atoms with Gasteiger partial charge in [-0.1, -0.05) is 0 Å².